The normalized spacial score (nSPS) is 27.0. The van der Waals surface area contributed by atoms with Gasteiger partial charge in [-0.2, -0.15) is 0 Å². The summed E-state index contributed by atoms with van der Waals surface area (Å²) in [6.07, 6.45) is 4.55. The van der Waals surface area contributed by atoms with Gasteiger partial charge < -0.3 is 0 Å². The molecule has 21 heavy (non-hydrogen) atoms. The second-order valence-electron chi connectivity index (χ2n) is 6.37. The maximum Gasteiger partial charge on any atom is 0.240 e. The number of hydrogen-bond acceptors (Lipinski definition) is 3. The number of rotatable bonds is 4. The first kappa shape index (κ1) is 16.7. The van der Waals surface area contributed by atoms with Gasteiger partial charge in [-0.05, 0) is 42.7 Å². The Kier molecular flexibility index (Phi) is 5.28. The van der Waals surface area contributed by atoms with Crippen LogP contribution in [0.3, 0.4) is 0 Å². The van der Waals surface area contributed by atoms with Crippen molar-refractivity contribution in [3.63, 3.8) is 0 Å². The van der Waals surface area contributed by atoms with Crippen LogP contribution >= 0.6 is 11.6 Å². The van der Waals surface area contributed by atoms with E-state index in [4.69, 9.17) is 11.6 Å². The van der Waals surface area contributed by atoms with E-state index in [0.29, 0.717) is 17.8 Å². The molecular weight excluding hydrogens is 308 g/mol. The van der Waals surface area contributed by atoms with Crippen molar-refractivity contribution >= 4 is 21.6 Å². The molecule has 1 heterocycles. The third-order valence-corrected chi connectivity index (χ3v) is 6.03. The summed E-state index contributed by atoms with van der Waals surface area (Å²) in [6, 6.07) is 2.86. The van der Waals surface area contributed by atoms with Crippen molar-refractivity contribution in [1.82, 2.24) is 9.71 Å². The summed E-state index contributed by atoms with van der Waals surface area (Å²) in [5.41, 5.74) is 0. The molecule has 6 heteroatoms. The molecule has 2 rings (SSSR count). The molecule has 1 aromatic rings. The quantitative estimate of drug-likeness (QED) is 0.860. The van der Waals surface area contributed by atoms with Crippen LogP contribution in [0.1, 0.15) is 40.0 Å². The van der Waals surface area contributed by atoms with E-state index in [1.54, 1.807) is 0 Å². The predicted molar refractivity (Wildman–Crippen MR) is 84.7 cm³/mol. The molecule has 3 atom stereocenters. The second-order valence-corrected chi connectivity index (χ2v) is 8.47. The number of aromatic nitrogens is 1. The third-order valence-electron chi connectivity index (χ3n) is 4.34. The van der Waals surface area contributed by atoms with Gasteiger partial charge >= 0.3 is 0 Å². The summed E-state index contributed by atoms with van der Waals surface area (Å²) in [6.45, 7) is 6.50. The molecule has 1 aromatic heterocycles. The fraction of sp³-hybridized carbons (Fsp3) is 0.667. The summed E-state index contributed by atoms with van der Waals surface area (Å²) < 4.78 is 27.9. The van der Waals surface area contributed by atoms with Gasteiger partial charge in [-0.15, -0.1) is 0 Å². The van der Waals surface area contributed by atoms with Gasteiger partial charge in [-0.3, -0.25) is 0 Å². The number of nitrogens with one attached hydrogen (secondary N) is 1. The average molecular weight is 331 g/mol. The number of halogens is 1. The molecule has 4 nitrogen and oxygen atoms in total. The van der Waals surface area contributed by atoms with E-state index in [2.05, 4.69) is 30.5 Å². The molecule has 0 amide bonds. The SMILES string of the molecule is CC1CCC(C(C)C)C(NS(=O)(=O)c2ccnc(Cl)c2)C1. The van der Waals surface area contributed by atoms with Crippen LogP contribution < -0.4 is 4.72 Å². The summed E-state index contributed by atoms with van der Waals surface area (Å²) in [4.78, 5) is 4.01. The van der Waals surface area contributed by atoms with Crippen molar-refractivity contribution in [2.45, 2.75) is 51.0 Å². The zero-order valence-electron chi connectivity index (χ0n) is 12.7. The van der Waals surface area contributed by atoms with Gasteiger partial charge in [0.15, 0.2) is 0 Å². The molecule has 3 unspecified atom stereocenters. The van der Waals surface area contributed by atoms with Crippen LogP contribution in [-0.4, -0.2) is 19.4 Å². The fourth-order valence-corrected chi connectivity index (χ4v) is 4.71. The molecule has 1 saturated carbocycles. The minimum absolute atomic E-state index is 0.00862. The summed E-state index contributed by atoms with van der Waals surface area (Å²) in [5.74, 6) is 1.40. The van der Waals surface area contributed by atoms with Crippen LogP contribution in [0.2, 0.25) is 5.15 Å². The zero-order valence-corrected chi connectivity index (χ0v) is 14.3. The maximum atomic E-state index is 12.5. The van der Waals surface area contributed by atoms with Gasteiger partial charge in [-0.1, -0.05) is 38.8 Å². The summed E-state index contributed by atoms with van der Waals surface area (Å²) in [5, 5.41) is 0.190. The third kappa shape index (κ3) is 4.18. The van der Waals surface area contributed by atoms with Crippen molar-refractivity contribution in [3.05, 3.63) is 23.5 Å². The highest BCUT2D eigenvalue weighted by molar-refractivity contribution is 7.89. The lowest BCUT2D eigenvalue weighted by molar-refractivity contribution is 0.188. The highest BCUT2D eigenvalue weighted by Crippen LogP contribution is 2.34. The molecule has 1 fully saturated rings. The van der Waals surface area contributed by atoms with E-state index >= 15 is 0 Å². The van der Waals surface area contributed by atoms with Crippen molar-refractivity contribution in [2.24, 2.45) is 17.8 Å². The maximum absolute atomic E-state index is 12.5. The molecule has 1 N–H and O–H groups in total. The highest BCUT2D eigenvalue weighted by Gasteiger charge is 2.33. The fourth-order valence-electron chi connectivity index (χ4n) is 3.16. The van der Waals surface area contributed by atoms with Crippen molar-refractivity contribution < 1.29 is 8.42 Å². The molecule has 1 aliphatic rings. The van der Waals surface area contributed by atoms with Crippen LogP contribution in [0.25, 0.3) is 0 Å². The van der Waals surface area contributed by atoms with Crippen molar-refractivity contribution in [3.8, 4) is 0 Å². The van der Waals surface area contributed by atoms with E-state index in [9.17, 15) is 8.42 Å². The van der Waals surface area contributed by atoms with Gasteiger partial charge in [0.05, 0.1) is 4.90 Å². The lowest BCUT2D eigenvalue weighted by Gasteiger charge is -2.37. The van der Waals surface area contributed by atoms with Crippen molar-refractivity contribution in [2.75, 3.05) is 0 Å². The van der Waals surface area contributed by atoms with Crippen LogP contribution in [0, 0.1) is 17.8 Å². The monoisotopic (exact) mass is 330 g/mol. The summed E-state index contributed by atoms with van der Waals surface area (Å²) in [7, 11) is -3.55. The van der Waals surface area contributed by atoms with Gasteiger partial charge in [0.1, 0.15) is 5.15 Å². The van der Waals surface area contributed by atoms with Gasteiger partial charge in [-0.25, -0.2) is 18.1 Å². The van der Waals surface area contributed by atoms with Gasteiger partial charge in [0.2, 0.25) is 10.0 Å². The minimum Gasteiger partial charge on any atom is -0.244 e. The Morgan fingerprint density at radius 3 is 2.71 bits per heavy atom. The minimum atomic E-state index is -3.55. The van der Waals surface area contributed by atoms with E-state index in [-0.39, 0.29) is 16.1 Å². The molecule has 1 aliphatic carbocycles. The molecule has 118 valence electrons. The average Bonchev–Trinajstić information content (AvgIpc) is 2.38. The molecule has 0 radical (unpaired) electrons. The first-order valence-electron chi connectivity index (χ1n) is 7.43. The van der Waals surface area contributed by atoms with Gasteiger partial charge in [0.25, 0.3) is 0 Å². The van der Waals surface area contributed by atoms with E-state index in [1.165, 1.54) is 24.8 Å². The Balaban J connectivity index is 2.21. The Hall–Kier alpha value is -0.650. The van der Waals surface area contributed by atoms with E-state index in [0.717, 1.165) is 12.8 Å². The van der Waals surface area contributed by atoms with Crippen LogP contribution in [0.5, 0.6) is 0 Å². The molecule has 0 bridgehead atoms. The number of hydrogen-bond donors (Lipinski definition) is 1. The second kappa shape index (κ2) is 6.63. The molecule has 0 saturated heterocycles. The molecule has 0 spiro atoms. The molecule has 0 aromatic carbocycles. The Bertz CT molecular complexity index is 589. The van der Waals surface area contributed by atoms with Gasteiger partial charge in [0, 0.05) is 12.2 Å². The van der Waals surface area contributed by atoms with Crippen LogP contribution in [0.4, 0.5) is 0 Å². The predicted octanol–water partition coefficient (Wildman–Crippen LogP) is 3.47. The molecule has 0 aliphatic heterocycles. The van der Waals surface area contributed by atoms with E-state index < -0.39 is 10.0 Å². The van der Waals surface area contributed by atoms with Crippen molar-refractivity contribution in [1.29, 1.82) is 0 Å². The standard InChI is InChI=1S/C15H23ClN2O2S/c1-10(2)13-5-4-11(3)8-14(13)18-21(19,20)12-6-7-17-15(16)9-12/h6-7,9-11,13-14,18H,4-5,8H2,1-3H3. The molecular formula is C15H23ClN2O2S. The Morgan fingerprint density at radius 1 is 1.38 bits per heavy atom. The summed E-state index contributed by atoms with van der Waals surface area (Å²) >= 11 is 5.79. The lowest BCUT2D eigenvalue weighted by atomic mass is 9.74. The first-order valence-corrected chi connectivity index (χ1v) is 9.29. The number of pyridine rings is 1. The largest absolute Gasteiger partial charge is 0.244 e. The number of sulfonamides is 1. The van der Waals surface area contributed by atoms with E-state index in [1.807, 2.05) is 0 Å². The number of nitrogens with zero attached hydrogens (tertiary/aromatic N) is 1. The zero-order chi connectivity index (χ0) is 15.6. The van der Waals surface area contributed by atoms with Crippen LogP contribution in [-0.2, 0) is 10.0 Å². The Labute approximate surface area is 132 Å². The first-order chi connectivity index (χ1) is 9.79. The van der Waals surface area contributed by atoms with Crippen LogP contribution in [0.15, 0.2) is 23.2 Å². The topological polar surface area (TPSA) is 59.1 Å². The smallest absolute Gasteiger partial charge is 0.240 e. The highest BCUT2D eigenvalue weighted by atomic mass is 35.5. The Morgan fingerprint density at radius 2 is 2.10 bits per heavy atom. The lowest BCUT2D eigenvalue weighted by Crippen LogP contribution is -2.45.